The predicted octanol–water partition coefficient (Wildman–Crippen LogP) is 3.87. The molecule has 3 aromatic carbocycles. The van der Waals surface area contributed by atoms with Crippen LogP contribution in [0.4, 0.5) is 11.4 Å². The van der Waals surface area contributed by atoms with Gasteiger partial charge in [0, 0.05) is 12.1 Å². The fourth-order valence-corrected chi connectivity index (χ4v) is 3.69. The van der Waals surface area contributed by atoms with E-state index in [0.29, 0.717) is 11.3 Å². The molecule has 0 aliphatic heterocycles. The molecule has 0 amide bonds. The van der Waals surface area contributed by atoms with Crippen molar-refractivity contribution in [2.24, 2.45) is 0 Å². The average Bonchev–Trinajstić information content (AvgIpc) is 2.62. The number of nitrogens with one attached hydrogen (secondary N) is 1. The van der Waals surface area contributed by atoms with E-state index in [4.69, 9.17) is 4.74 Å². The topological polar surface area (TPSA) is 98.5 Å². The molecule has 0 saturated carbocycles. The van der Waals surface area contributed by atoms with Gasteiger partial charge in [-0.25, -0.2) is 8.42 Å². The number of nitro groups is 1. The maximum Gasteiger partial charge on any atom is 0.271 e. The van der Waals surface area contributed by atoms with Crippen LogP contribution in [0, 0.1) is 17.0 Å². The van der Waals surface area contributed by atoms with Gasteiger partial charge in [-0.2, -0.15) is 0 Å². The van der Waals surface area contributed by atoms with E-state index in [2.05, 4.69) is 4.72 Å². The molecule has 0 atom stereocenters. The zero-order valence-electron chi connectivity index (χ0n) is 14.1. The van der Waals surface area contributed by atoms with Gasteiger partial charge < -0.3 is 4.74 Å². The summed E-state index contributed by atoms with van der Waals surface area (Å²) in [6.07, 6.45) is 0. The Bertz CT molecular complexity index is 1110. The highest BCUT2D eigenvalue weighted by Crippen LogP contribution is 2.27. The number of sulfonamides is 1. The molecule has 1 N–H and O–H groups in total. The second-order valence-electron chi connectivity index (χ2n) is 5.74. The molecule has 26 heavy (non-hydrogen) atoms. The summed E-state index contributed by atoms with van der Waals surface area (Å²) in [6, 6.07) is 14.1. The summed E-state index contributed by atoms with van der Waals surface area (Å²) >= 11 is 0. The van der Waals surface area contributed by atoms with Crippen molar-refractivity contribution >= 4 is 32.2 Å². The highest BCUT2D eigenvalue weighted by molar-refractivity contribution is 7.92. The van der Waals surface area contributed by atoms with Gasteiger partial charge >= 0.3 is 0 Å². The molecule has 134 valence electrons. The van der Waals surface area contributed by atoms with Crippen LogP contribution < -0.4 is 9.46 Å². The number of aryl methyl sites for hydroxylation is 1. The van der Waals surface area contributed by atoms with E-state index < -0.39 is 14.9 Å². The number of rotatable bonds is 5. The molecule has 8 heteroatoms. The second-order valence-corrected chi connectivity index (χ2v) is 7.42. The summed E-state index contributed by atoms with van der Waals surface area (Å²) in [4.78, 5) is 10.4. The lowest BCUT2D eigenvalue weighted by atomic mass is 10.1. The van der Waals surface area contributed by atoms with Crippen LogP contribution in [0.3, 0.4) is 0 Å². The Morgan fingerprint density at radius 3 is 2.38 bits per heavy atom. The minimum absolute atomic E-state index is 0.0704. The van der Waals surface area contributed by atoms with E-state index in [-0.39, 0.29) is 16.3 Å². The molecule has 0 aliphatic rings. The van der Waals surface area contributed by atoms with Gasteiger partial charge in [0.25, 0.3) is 15.7 Å². The molecule has 0 radical (unpaired) electrons. The van der Waals surface area contributed by atoms with Gasteiger partial charge in [0.1, 0.15) is 5.75 Å². The fraction of sp³-hybridized carbons (Fsp3) is 0.111. The highest BCUT2D eigenvalue weighted by atomic mass is 32.2. The summed E-state index contributed by atoms with van der Waals surface area (Å²) in [5, 5.41) is 12.5. The molecule has 7 nitrogen and oxygen atoms in total. The van der Waals surface area contributed by atoms with Crippen LogP contribution in [-0.2, 0) is 10.0 Å². The number of methoxy groups -OCH3 is 1. The first-order chi connectivity index (χ1) is 12.3. The smallest absolute Gasteiger partial charge is 0.271 e. The van der Waals surface area contributed by atoms with Gasteiger partial charge in [-0.05, 0) is 47.5 Å². The Balaban J connectivity index is 1.99. The van der Waals surface area contributed by atoms with Crippen LogP contribution in [0.5, 0.6) is 5.75 Å². The van der Waals surface area contributed by atoms with E-state index >= 15 is 0 Å². The lowest BCUT2D eigenvalue weighted by Gasteiger charge is -2.11. The van der Waals surface area contributed by atoms with Crippen molar-refractivity contribution < 1.29 is 18.1 Å². The van der Waals surface area contributed by atoms with Gasteiger partial charge in [-0.3, -0.25) is 14.8 Å². The quantitative estimate of drug-likeness (QED) is 0.541. The van der Waals surface area contributed by atoms with Crippen LogP contribution in [0.2, 0.25) is 0 Å². The molecule has 0 bridgehead atoms. The average molecular weight is 372 g/mol. The van der Waals surface area contributed by atoms with Crippen LogP contribution in [0.15, 0.2) is 59.5 Å². The van der Waals surface area contributed by atoms with Gasteiger partial charge in [0.15, 0.2) is 0 Å². The Labute approximate surface area is 150 Å². The lowest BCUT2D eigenvalue weighted by Crippen LogP contribution is -2.14. The summed E-state index contributed by atoms with van der Waals surface area (Å²) < 4.78 is 33.0. The third kappa shape index (κ3) is 3.45. The van der Waals surface area contributed by atoms with Crippen LogP contribution in [-0.4, -0.2) is 20.5 Å². The third-order valence-electron chi connectivity index (χ3n) is 4.01. The van der Waals surface area contributed by atoms with Crippen LogP contribution >= 0.6 is 0 Å². The number of hydrogen-bond acceptors (Lipinski definition) is 5. The number of hydrogen-bond donors (Lipinski definition) is 1. The molecule has 0 spiro atoms. The minimum Gasteiger partial charge on any atom is -0.497 e. The molecule has 0 saturated heterocycles. The molecular weight excluding hydrogens is 356 g/mol. The van der Waals surface area contributed by atoms with Gasteiger partial charge in [0.05, 0.1) is 22.6 Å². The molecule has 0 aromatic heterocycles. The van der Waals surface area contributed by atoms with E-state index in [0.717, 1.165) is 10.8 Å². The predicted molar refractivity (Wildman–Crippen MR) is 99.1 cm³/mol. The first-order valence-electron chi connectivity index (χ1n) is 7.66. The number of non-ortho nitro benzene ring substituents is 1. The maximum absolute atomic E-state index is 12.7. The number of benzene rings is 3. The molecule has 3 rings (SSSR count). The van der Waals surface area contributed by atoms with Crippen molar-refractivity contribution in [3.8, 4) is 5.75 Å². The molecule has 0 heterocycles. The van der Waals surface area contributed by atoms with Gasteiger partial charge in [-0.15, -0.1) is 0 Å². The molecule has 0 fully saturated rings. The Morgan fingerprint density at radius 2 is 1.69 bits per heavy atom. The number of ether oxygens (including phenoxy) is 1. The molecule has 0 aliphatic carbocycles. The molecular formula is C18H16N2O5S. The van der Waals surface area contributed by atoms with E-state index in [1.807, 2.05) is 6.07 Å². The van der Waals surface area contributed by atoms with E-state index in [1.54, 1.807) is 38.3 Å². The Kier molecular flexibility index (Phi) is 4.52. The van der Waals surface area contributed by atoms with Crippen molar-refractivity contribution in [3.63, 3.8) is 0 Å². The van der Waals surface area contributed by atoms with Crippen molar-refractivity contribution in [2.75, 3.05) is 11.8 Å². The fourth-order valence-electron chi connectivity index (χ4n) is 2.53. The third-order valence-corrected chi connectivity index (χ3v) is 5.37. The number of nitro benzene ring substituents is 1. The standard InChI is InChI=1S/C18H16N2O5S/c1-12-3-6-15(20(21)22)11-18(12)19-26(23,24)17-8-5-13-9-16(25-2)7-4-14(13)10-17/h3-11,19H,1-2H3. The summed E-state index contributed by atoms with van der Waals surface area (Å²) in [5.74, 6) is 0.679. The number of fused-ring (bicyclic) bond motifs is 1. The van der Waals surface area contributed by atoms with Crippen molar-refractivity contribution in [1.82, 2.24) is 0 Å². The zero-order valence-corrected chi connectivity index (χ0v) is 14.9. The van der Waals surface area contributed by atoms with E-state index in [1.165, 1.54) is 24.3 Å². The monoisotopic (exact) mass is 372 g/mol. The SMILES string of the molecule is COc1ccc2cc(S(=O)(=O)Nc3cc([N+](=O)[O-])ccc3C)ccc2c1. The van der Waals surface area contributed by atoms with Crippen LogP contribution in [0.1, 0.15) is 5.56 Å². The van der Waals surface area contributed by atoms with Gasteiger partial charge in [-0.1, -0.05) is 18.2 Å². The largest absolute Gasteiger partial charge is 0.497 e. The maximum atomic E-state index is 12.7. The first-order valence-corrected chi connectivity index (χ1v) is 9.14. The zero-order chi connectivity index (χ0) is 18.9. The Hall–Kier alpha value is -3.13. The summed E-state index contributed by atoms with van der Waals surface area (Å²) in [6.45, 7) is 1.67. The number of nitrogens with zero attached hydrogens (tertiary/aromatic N) is 1. The van der Waals surface area contributed by atoms with Crippen molar-refractivity contribution in [2.45, 2.75) is 11.8 Å². The molecule has 0 unspecified atom stereocenters. The van der Waals surface area contributed by atoms with Gasteiger partial charge in [0.2, 0.25) is 0 Å². The summed E-state index contributed by atoms with van der Waals surface area (Å²) in [5.41, 5.74) is 0.581. The molecule has 3 aromatic rings. The van der Waals surface area contributed by atoms with E-state index in [9.17, 15) is 18.5 Å². The van der Waals surface area contributed by atoms with Crippen LogP contribution in [0.25, 0.3) is 10.8 Å². The minimum atomic E-state index is -3.89. The first kappa shape index (κ1) is 17.7. The normalized spacial score (nSPS) is 11.3. The lowest BCUT2D eigenvalue weighted by molar-refractivity contribution is -0.384. The Morgan fingerprint density at radius 1 is 1.00 bits per heavy atom. The van der Waals surface area contributed by atoms with Crippen molar-refractivity contribution in [1.29, 1.82) is 0 Å². The summed E-state index contributed by atoms with van der Waals surface area (Å²) in [7, 11) is -2.33. The van der Waals surface area contributed by atoms with Crippen molar-refractivity contribution in [3.05, 3.63) is 70.3 Å². The second kappa shape index (κ2) is 6.64. The number of anilines is 1. The highest BCUT2D eigenvalue weighted by Gasteiger charge is 2.18.